The number of aryl methyl sites for hydroxylation is 1. The molecule has 0 bridgehead atoms. The molecule has 1 atom stereocenters. The van der Waals surface area contributed by atoms with Gasteiger partial charge in [-0.15, -0.1) is 0 Å². The Morgan fingerprint density at radius 2 is 1.85 bits per heavy atom. The van der Waals surface area contributed by atoms with Crippen molar-refractivity contribution in [3.05, 3.63) is 59.7 Å². The molecular formula is C19H20F2N2O3S. The highest BCUT2D eigenvalue weighted by Gasteiger charge is 2.33. The molecule has 0 aliphatic carbocycles. The van der Waals surface area contributed by atoms with Gasteiger partial charge in [-0.05, 0) is 61.7 Å². The quantitative estimate of drug-likeness (QED) is 0.865. The average Bonchev–Trinajstić information content (AvgIpc) is 2.65. The van der Waals surface area contributed by atoms with Crippen LogP contribution in [0.25, 0.3) is 0 Å². The molecule has 1 heterocycles. The molecule has 1 aliphatic rings. The van der Waals surface area contributed by atoms with Crippen molar-refractivity contribution in [2.75, 3.05) is 18.4 Å². The van der Waals surface area contributed by atoms with E-state index in [-0.39, 0.29) is 17.3 Å². The van der Waals surface area contributed by atoms with Crippen LogP contribution in [0.1, 0.15) is 18.4 Å². The predicted octanol–water partition coefficient (Wildman–Crippen LogP) is 3.31. The van der Waals surface area contributed by atoms with Gasteiger partial charge in [0.15, 0.2) is 0 Å². The minimum atomic E-state index is -3.80. The summed E-state index contributed by atoms with van der Waals surface area (Å²) in [6.45, 7) is 1.95. The third-order valence-corrected chi connectivity index (χ3v) is 6.53. The molecular weight excluding hydrogens is 374 g/mol. The molecule has 0 aromatic heterocycles. The summed E-state index contributed by atoms with van der Waals surface area (Å²) in [5.41, 5.74) is 0.809. The van der Waals surface area contributed by atoms with E-state index in [1.54, 1.807) is 19.1 Å². The number of hydrogen-bond acceptors (Lipinski definition) is 3. The first-order valence-electron chi connectivity index (χ1n) is 8.60. The van der Waals surface area contributed by atoms with Crippen molar-refractivity contribution >= 4 is 21.6 Å². The molecule has 3 rings (SSSR count). The zero-order valence-corrected chi connectivity index (χ0v) is 15.6. The highest BCUT2D eigenvalue weighted by Crippen LogP contribution is 2.25. The van der Waals surface area contributed by atoms with Crippen LogP contribution < -0.4 is 5.32 Å². The second kappa shape index (κ2) is 7.74. The van der Waals surface area contributed by atoms with Crippen LogP contribution in [-0.2, 0) is 14.8 Å². The van der Waals surface area contributed by atoms with Crippen LogP contribution in [0, 0.1) is 24.5 Å². The molecule has 8 heteroatoms. The van der Waals surface area contributed by atoms with E-state index < -0.39 is 27.6 Å². The van der Waals surface area contributed by atoms with E-state index >= 15 is 0 Å². The third-order valence-electron chi connectivity index (χ3n) is 4.65. The first-order valence-corrected chi connectivity index (χ1v) is 10.0. The first-order chi connectivity index (χ1) is 12.8. The number of carbonyl (C=O) groups is 1. The van der Waals surface area contributed by atoms with Gasteiger partial charge in [0, 0.05) is 18.8 Å². The standard InChI is InChI=1S/C19H20F2N2O3S/c1-13-4-7-16(11-18(13)21)22-19(24)14-3-2-10-23(12-14)27(25,26)17-8-5-15(20)6-9-17/h4-9,11,14H,2-3,10,12H2,1H3,(H,22,24)/t14-/m1/s1. The van der Waals surface area contributed by atoms with Crippen molar-refractivity contribution < 1.29 is 22.0 Å². The number of piperidine rings is 1. The lowest BCUT2D eigenvalue weighted by Crippen LogP contribution is -2.43. The summed E-state index contributed by atoms with van der Waals surface area (Å²) < 4.78 is 53.4. The number of amides is 1. The normalized spacial score (nSPS) is 18.3. The van der Waals surface area contributed by atoms with E-state index in [0.29, 0.717) is 30.6 Å². The molecule has 2 aromatic carbocycles. The Labute approximate surface area is 157 Å². The summed E-state index contributed by atoms with van der Waals surface area (Å²) in [6, 6.07) is 9.01. The van der Waals surface area contributed by atoms with E-state index in [4.69, 9.17) is 0 Å². The Kier molecular flexibility index (Phi) is 5.57. The largest absolute Gasteiger partial charge is 0.326 e. The second-order valence-electron chi connectivity index (χ2n) is 6.61. The van der Waals surface area contributed by atoms with Gasteiger partial charge in [0.05, 0.1) is 10.8 Å². The number of carbonyl (C=O) groups excluding carboxylic acids is 1. The van der Waals surface area contributed by atoms with Gasteiger partial charge in [0.2, 0.25) is 15.9 Å². The Bertz CT molecular complexity index is 946. The van der Waals surface area contributed by atoms with E-state index in [2.05, 4.69) is 5.32 Å². The van der Waals surface area contributed by atoms with E-state index in [9.17, 15) is 22.0 Å². The zero-order valence-electron chi connectivity index (χ0n) is 14.8. The van der Waals surface area contributed by atoms with Crippen LogP contribution in [0.15, 0.2) is 47.4 Å². The molecule has 1 fully saturated rings. The third kappa shape index (κ3) is 4.33. The number of rotatable bonds is 4. The molecule has 1 N–H and O–H groups in total. The molecule has 0 radical (unpaired) electrons. The molecule has 1 amide bonds. The van der Waals surface area contributed by atoms with Crippen molar-refractivity contribution in [2.45, 2.75) is 24.7 Å². The number of benzene rings is 2. The molecule has 1 aliphatic heterocycles. The van der Waals surface area contributed by atoms with Crippen LogP contribution in [0.4, 0.5) is 14.5 Å². The van der Waals surface area contributed by atoms with Crippen LogP contribution in [0.5, 0.6) is 0 Å². The van der Waals surface area contributed by atoms with Crippen molar-refractivity contribution in [3.8, 4) is 0 Å². The average molecular weight is 394 g/mol. The Morgan fingerprint density at radius 1 is 1.15 bits per heavy atom. The fourth-order valence-corrected chi connectivity index (χ4v) is 4.57. The van der Waals surface area contributed by atoms with Gasteiger partial charge in [-0.25, -0.2) is 17.2 Å². The topological polar surface area (TPSA) is 66.5 Å². The van der Waals surface area contributed by atoms with Gasteiger partial charge < -0.3 is 5.32 Å². The molecule has 0 saturated carbocycles. The lowest BCUT2D eigenvalue weighted by atomic mass is 9.98. The lowest BCUT2D eigenvalue weighted by Gasteiger charge is -2.31. The minimum Gasteiger partial charge on any atom is -0.326 e. The Balaban J connectivity index is 1.72. The first kappa shape index (κ1) is 19.4. The minimum absolute atomic E-state index is 0.00874. The maximum absolute atomic E-state index is 13.6. The van der Waals surface area contributed by atoms with Crippen LogP contribution in [0.3, 0.4) is 0 Å². The van der Waals surface area contributed by atoms with Gasteiger partial charge in [0.25, 0.3) is 0 Å². The van der Waals surface area contributed by atoms with Gasteiger partial charge in [0.1, 0.15) is 11.6 Å². The van der Waals surface area contributed by atoms with E-state index in [1.165, 1.54) is 22.5 Å². The maximum Gasteiger partial charge on any atom is 0.243 e. The van der Waals surface area contributed by atoms with Crippen LogP contribution in [0.2, 0.25) is 0 Å². The molecule has 2 aromatic rings. The van der Waals surface area contributed by atoms with Crippen LogP contribution in [-0.4, -0.2) is 31.7 Å². The number of nitrogens with one attached hydrogen (secondary N) is 1. The van der Waals surface area contributed by atoms with E-state index in [1.807, 2.05) is 0 Å². The maximum atomic E-state index is 13.6. The molecule has 5 nitrogen and oxygen atoms in total. The molecule has 1 saturated heterocycles. The number of nitrogens with zero attached hydrogens (tertiary/aromatic N) is 1. The number of hydrogen-bond donors (Lipinski definition) is 1. The predicted molar refractivity (Wildman–Crippen MR) is 97.6 cm³/mol. The Morgan fingerprint density at radius 3 is 2.52 bits per heavy atom. The fourth-order valence-electron chi connectivity index (χ4n) is 3.05. The number of anilines is 1. The van der Waals surface area contributed by atoms with Crippen molar-refractivity contribution in [1.29, 1.82) is 0 Å². The summed E-state index contributed by atoms with van der Waals surface area (Å²) in [5.74, 6) is -1.83. The molecule has 27 heavy (non-hydrogen) atoms. The van der Waals surface area contributed by atoms with Crippen molar-refractivity contribution in [2.24, 2.45) is 5.92 Å². The summed E-state index contributed by atoms with van der Waals surface area (Å²) in [6.07, 6.45) is 1.07. The molecule has 0 unspecified atom stereocenters. The lowest BCUT2D eigenvalue weighted by molar-refractivity contribution is -0.120. The fraction of sp³-hybridized carbons (Fsp3) is 0.316. The molecule has 0 spiro atoms. The number of halogens is 2. The summed E-state index contributed by atoms with van der Waals surface area (Å²) in [7, 11) is -3.80. The van der Waals surface area contributed by atoms with Gasteiger partial charge in [-0.3, -0.25) is 4.79 Å². The van der Waals surface area contributed by atoms with Gasteiger partial charge in [-0.1, -0.05) is 6.07 Å². The second-order valence-corrected chi connectivity index (χ2v) is 8.55. The Hall–Kier alpha value is -2.32. The summed E-state index contributed by atoms with van der Waals surface area (Å²) >= 11 is 0. The highest BCUT2D eigenvalue weighted by atomic mass is 32.2. The highest BCUT2D eigenvalue weighted by molar-refractivity contribution is 7.89. The van der Waals surface area contributed by atoms with Crippen molar-refractivity contribution in [3.63, 3.8) is 0 Å². The zero-order chi connectivity index (χ0) is 19.6. The van der Waals surface area contributed by atoms with E-state index in [0.717, 1.165) is 12.1 Å². The summed E-state index contributed by atoms with van der Waals surface area (Å²) in [4.78, 5) is 12.5. The summed E-state index contributed by atoms with van der Waals surface area (Å²) in [5, 5.41) is 2.65. The van der Waals surface area contributed by atoms with Gasteiger partial charge >= 0.3 is 0 Å². The molecule has 144 valence electrons. The van der Waals surface area contributed by atoms with Crippen molar-refractivity contribution in [1.82, 2.24) is 4.31 Å². The SMILES string of the molecule is Cc1ccc(NC(=O)[C@@H]2CCCN(S(=O)(=O)c3ccc(F)cc3)C2)cc1F. The van der Waals surface area contributed by atoms with Gasteiger partial charge in [-0.2, -0.15) is 4.31 Å². The van der Waals surface area contributed by atoms with Crippen LogP contribution >= 0.6 is 0 Å². The monoisotopic (exact) mass is 394 g/mol. The number of sulfonamides is 1. The smallest absolute Gasteiger partial charge is 0.243 e.